The SMILES string of the molecule is CC1CCON1c1c(-c2c(F)cc(F)cc2F)c(Cl)nc2ncnn12.CC1CCO[NH2+]1.Fc1cc(F)c(-c2c(Cl)nc3ncnn3c2Cl)c(F)c1.[Cl-]. The summed E-state index contributed by atoms with van der Waals surface area (Å²) in [5.41, 5.74) is 0.519. The molecule has 0 radical (unpaired) electrons. The van der Waals surface area contributed by atoms with Crippen LogP contribution in [-0.2, 0) is 9.68 Å². The highest BCUT2D eigenvalue weighted by Crippen LogP contribution is 2.41. The maximum atomic E-state index is 14.4. The van der Waals surface area contributed by atoms with Gasteiger partial charge < -0.3 is 12.4 Å². The molecule has 12 nitrogen and oxygen atoms in total. The predicted molar refractivity (Wildman–Crippen MR) is 172 cm³/mol. The third kappa shape index (κ3) is 7.83. The van der Waals surface area contributed by atoms with Crippen LogP contribution < -0.4 is 23.0 Å². The summed E-state index contributed by atoms with van der Waals surface area (Å²) >= 11 is 18.1. The molecule has 0 aliphatic carbocycles. The van der Waals surface area contributed by atoms with Crippen LogP contribution in [0.25, 0.3) is 33.8 Å². The second-order valence-electron chi connectivity index (χ2n) is 11.2. The highest BCUT2D eigenvalue weighted by Gasteiger charge is 2.32. The Balaban J connectivity index is 0.000000173. The van der Waals surface area contributed by atoms with Gasteiger partial charge in [0.1, 0.15) is 75.7 Å². The van der Waals surface area contributed by atoms with Gasteiger partial charge in [0.15, 0.2) is 5.82 Å². The van der Waals surface area contributed by atoms with Crippen molar-refractivity contribution in [3.05, 3.63) is 87.3 Å². The van der Waals surface area contributed by atoms with Gasteiger partial charge >= 0.3 is 0 Å². The number of halogens is 10. The quantitative estimate of drug-likeness (QED) is 0.212. The molecule has 2 aliphatic heterocycles. The van der Waals surface area contributed by atoms with E-state index in [0.29, 0.717) is 43.3 Å². The number of hydroxylamine groups is 2. The molecule has 0 amide bonds. The van der Waals surface area contributed by atoms with E-state index < -0.39 is 46.0 Å². The van der Waals surface area contributed by atoms with Crippen LogP contribution in [0.15, 0.2) is 36.9 Å². The Morgan fingerprint density at radius 3 is 1.65 bits per heavy atom. The van der Waals surface area contributed by atoms with E-state index in [1.807, 2.05) is 12.4 Å². The lowest BCUT2D eigenvalue weighted by Gasteiger charge is -2.25. The van der Waals surface area contributed by atoms with Crippen molar-refractivity contribution >= 4 is 52.2 Å². The van der Waals surface area contributed by atoms with Crippen molar-refractivity contribution in [2.45, 2.75) is 38.8 Å². The molecule has 0 spiro atoms. The van der Waals surface area contributed by atoms with Gasteiger partial charge in [0.2, 0.25) is 0 Å². The van der Waals surface area contributed by atoms with Crippen LogP contribution in [-0.4, -0.2) is 64.5 Å². The molecule has 2 aromatic carbocycles. The van der Waals surface area contributed by atoms with Crippen LogP contribution in [0.5, 0.6) is 0 Å². The van der Waals surface area contributed by atoms with E-state index in [2.05, 4.69) is 37.1 Å². The average molecular weight is 812 g/mol. The smallest absolute Gasteiger partial charge is 0.255 e. The standard InChI is InChI=1S/C15H11ClF3N5O.C11H3Cl2F3N4.C4H9NO.ClH/c1-7-2-3-25-24(7)14-12(11-9(18)4-8(17)5-10(11)19)13(16)22-15-20-6-21-23(14)15;12-9-8(7-5(15)1-4(14)2-6(7)16)10(13)20-11(19-9)17-3-18-20;1-4-2-3-6-5-4;/h4-7H,2-3H2,1H3;1-3H;4-5H,2-3H2,1H3;1H. The molecule has 2 saturated heterocycles. The summed E-state index contributed by atoms with van der Waals surface area (Å²) in [5, 5.41) is 8.63. The molecule has 8 rings (SSSR count). The molecule has 2 unspecified atom stereocenters. The normalized spacial score (nSPS) is 16.8. The molecule has 276 valence electrons. The Labute approximate surface area is 311 Å². The minimum absolute atomic E-state index is 0. The molecule has 2 N–H and O–H groups in total. The first-order valence-corrected chi connectivity index (χ1v) is 16.1. The fourth-order valence-electron chi connectivity index (χ4n) is 5.16. The zero-order valence-electron chi connectivity index (χ0n) is 26.6. The molecule has 2 aliphatic rings. The fourth-order valence-corrected chi connectivity index (χ4v) is 6.03. The largest absolute Gasteiger partial charge is 1.00 e. The predicted octanol–water partition coefficient (Wildman–Crippen LogP) is 3.19. The Morgan fingerprint density at radius 1 is 0.692 bits per heavy atom. The summed E-state index contributed by atoms with van der Waals surface area (Å²) in [4.78, 5) is 26.1. The van der Waals surface area contributed by atoms with E-state index in [0.717, 1.165) is 17.4 Å². The van der Waals surface area contributed by atoms with Gasteiger partial charge in [-0.3, -0.25) is 4.84 Å². The molecule has 6 heterocycles. The summed E-state index contributed by atoms with van der Waals surface area (Å²) in [6, 6.07) is 2.81. The maximum Gasteiger partial charge on any atom is 0.255 e. The number of quaternary nitrogens is 1. The molecular weight excluding hydrogens is 788 g/mol. The minimum atomic E-state index is -1.15. The second-order valence-corrected chi connectivity index (χ2v) is 12.2. The van der Waals surface area contributed by atoms with E-state index >= 15 is 0 Å². The molecule has 2 fully saturated rings. The lowest BCUT2D eigenvalue weighted by atomic mass is 10.1. The number of anilines is 1. The number of hydrogen-bond donors (Lipinski definition) is 1. The minimum Gasteiger partial charge on any atom is -1.00 e. The molecular formula is C30H24Cl4F6N10O2. The Kier molecular flexibility index (Phi) is 12.3. The zero-order chi connectivity index (χ0) is 36.6. The van der Waals surface area contributed by atoms with Crippen molar-refractivity contribution < 1.29 is 53.9 Å². The highest BCUT2D eigenvalue weighted by atomic mass is 35.5. The van der Waals surface area contributed by atoms with E-state index in [4.69, 9.17) is 44.5 Å². The summed E-state index contributed by atoms with van der Waals surface area (Å²) in [5.74, 6) is -6.17. The van der Waals surface area contributed by atoms with Crippen LogP contribution in [0.4, 0.5) is 32.2 Å². The number of nitrogens with two attached hydrogens (primary N) is 1. The van der Waals surface area contributed by atoms with Crippen LogP contribution in [0, 0.1) is 34.9 Å². The number of rotatable bonds is 3. The van der Waals surface area contributed by atoms with Crippen LogP contribution in [0.3, 0.4) is 0 Å². The first kappa shape index (κ1) is 39.2. The van der Waals surface area contributed by atoms with Crippen LogP contribution in [0.1, 0.15) is 26.7 Å². The van der Waals surface area contributed by atoms with E-state index in [-0.39, 0.29) is 62.4 Å². The van der Waals surface area contributed by atoms with Crippen molar-refractivity contribution in [3.8, 4) is 22.3 Å². The summed E-state index contributed by atoms with van der Waals surface area (Å²) in [6.45, 7) is 5.39. The average Bonchev–Trinajstić information content (AvgIpc) is 3.88. The van der Waals surface area contributed by atoms with Crippen molar-refractivity contribution in [2.24, 2.45) is 0 Å². The fraction of sp³-hybridized carbons (Fsp3) is 0.267. The van der Waals surface area contributed by atoms with Gasteiger partial charge in [0.25, 0.3) is 11.6 Å². The van der Waals surface area contributed by atoms with Gasteiger partial charge in [-0.2, -0.15) is 44.6 Å². The first-order valence-electron chi connectivity index (χ1n) is 15.0. The maximum absolute atomic E-state index is 14.4. The molecule has 2 atom stereocenters. The monoisotopic (exact) mass is 810 g/mol. The number of fused-ring (bicyclic) bond motifs is 2. The van der Waals surface area contributed by atoms with Gasteiger partial charge in [-0.25, -0.2) is 36.2 Å². The van der Waals surface area contributed by atoms with Gasteiger partial charge in [-0.1, -0.05) is 34.8 Å². The molecule has 4 aromatic heterocycles. The molecule has 6 aromatic rings. The second kappa shape index (κ2) is 16.3. The van der Waals surface area contributed by atoms with Gasteiger partial charge in [0, 0.05) is 30.7 Å². The highest BCUT2D eigenvalue weighted by molar-refractivity contribution is 6.38. The van der Waals surface area contributed by atoms with E-state index in [9.17, 15) is 26.3 Å². The Morgan fingerprint density at radius 2 is 1.19 bits per heavy atom. The van der Waals surface area contributed by atoms with E-state index in [1.165, 1.54) is 22.3 Å². The lowest BCUT2D eigenvalue weighted by molar-refractivity contribution is -0.893. The zero-order valence-corrected chi connectivity index (χ0v) is 29.7. The lowest BCUT2D eigenvalue weighted by Crippen LogP contribution is -3.00. The van der Waals surface area contributed by atoms with Crippen LogP contribution in [0.2, 0.25) is 15.5 Å². The van der Waals surface area contributed by atoms with Gasteiger partial charge in [-0.05, 0) is 20.3 Å². The number of aromatic nitrogens is 8. The third-order valence-electron chi connectivity index (χ3n) is 7.59. The van der Waals surface area contributed by atoms with Crippen LogP contribution >= 0.6 is 34.8 Å². The molecule has 22 heteroatoms. The first-order chi connectivity index (χ1) is 24.3. The van der Waals surface area contributed by atoms with Crippen molar-refractivity contribution in [1.29, 1.82) is 0 Å². The number of benzene rings is 2. The summed E-state index contributed by atoms with van der Waals surface area (Å²) < 4.78 is 85.0. The van der Waals surface area contributed by atoms with Gasteiger partial charge in [0.05, 0.1) is 34.9 Å². The summed E-state index contributed by atoms with van der Waals surface area (Å²) in [6.07, 6.45) is 4.31. The molecule has 0 saturated carbocycles. The molecule has 0 bridgehead atoms. The van der Waals surface area contributed by atoms with Crippen molar-refractivity contribution in [2.75, 3.05) is 18.3 Å². The van der Waals surface area contributed by atoms with Gasteiger partial charge in [-0.15, -0.1) is 0 Å². The summed E-state index contributed by atoms with van der Waals surface area (Å²) in [7, 11) is 0. The van der Waals surface area contributed by atoms with Crippen molar-refractivity contribution in [3.63, 3.8) is 0 Å². The number of hydrogen-bond acceptors (Lipinski definition) is 9. The number of nitrogens with zero attached hydrogens (tertiary/aromatic N) is 9. The topological polar surface area (TPSA) is 124 Å². The third-order valence-corrected chi connectivity index (χ3v) is 8.49. The Hall–Kier alpha value is -4.04. The Bertz CT molecular complexity index is 2190. The molecule has 52 heavy (non-hydrogen) atoms. The van der Waals surface area contributed by atoms with Crippen molar-refractivity contribution in [1.82, 2.24) is 39.2 Å². The van der Waals surface area contributed by atoms with E-state index in [1.54, 1.807) is 0 Å².